The van der Waals surface area contributed by atoms with E-state index in [0.29, 0.717) is 19.6 Å². The number of piperidine rings is 1. The molecule has 0 amide bonds. The van der Waals surface area contributed by atoms with Crippen LogP contribution < -0.4 is 10.0 Å². The molecule has 21 heavy (non-hydrogen) atoms. The van der Waals surface area contributed by atoms with Crippen molar-refractivity contribution in [1.29, 1.82) is 0 Å². The summed E-state index contributed by atoms with van der Waals surface area (Å²) < 4.78 is 34.7. The van der Waals surface area contributed by atoms with Gasteiger partial charge in [-0.05, 0) is 38.6 Å². The van der Waals surface area contributed by atoms with E-state index in [0.717, 1.165) is 25.9 Å². The van der Waals surface area contributed by atoms with Gasteiger partial charge >= 0.3 is 0 Å². The van der Waals surface area contributed by atoms with Gasteiger partial charge in [0.15, 0.2) is 0 Å². The predicted molar refractivity (Wildman–Crippen MR) is 86.0 cm³/mol. The largest absolute Gasteiger partial charge is 0.373 e. The summed E-state index contributed by atoms with van der Waals surface area (Å²) in [5, 5.41) is 3.34. The molecule has 3 unspecified atom stereocenters. The van der Waals surface area contributed by atoms with Gasteiger partial charge in [0.1, 0.15) is 0 Å². The van der Waals surface area contributed by atoms with Gasteiger partial charge in [0, 0.05) is 26.2 Å². The van der Waals surface area contributed by atoms with E-state index < -0.39 is 10.2 Å². The molecule has 0 aromatic rings. The normalized spacial score (nSPS) is 35.2. The van der Waals surface area contributed by atoms with Gasteiger partial charge in [0.2, 0.25) is 0 Å². The third kappa shape index (κ3) is 5.33. The van der Waals surface area contributed by atoms with Gasteiger partial charge in [-0.3, -0.25) is 0 Å². The van der Waals surface area contributed by atoms with Crippen LogP contribution in [-0.4, -0.2) is 57.7 Å². The van der Waals surface area contributed by atoms with Crippen LogP contribution in [0, 0.1) is 5.41 Å². The van der Waals surface area contributed by atoms with Crippen molar-refractivity contribution in [2.75, 3.05) is 32.7 Å². The lowest BCUT2D eigenvalue weighted by Crippen LogP contribution is -2.54. The highest BCUT2D eigenvalue weighted by Gasteiger charge is 2.33. The molecule has 126 valence electrons. The summed E-state index contributed by atoms with van der Waals surface area (Å²) in [6, 6.07) is 0. The van der Waals surface area contributed by atoms with Crippen LogP contribution in [0.2, 0.25) is 0 Å². The van der Waals surface area contributed by atoms with Gasteiger partial charge in [-0.15, -0.1) is 12.4 Å². The second kappa shape index (κ2) is 7.57. The zero-order chi connectivity index (χ0) is 14.8. The maximum Gasteiger partial charge on any atom is 0.279 e. The van der Waals surface area contributed by atoms with Crippen molar-refractivity contribution >= 4 is 22.6 Å². The summed E-state index contributed by atoms with van der Waals surface area (Å²) in [4.78, 5) is 0. The minimum Gasteiger partial charge on any atom is -0.373 e. The molecule has 2 saturated heterocycles. The van der Waals surface area contributed by atoms with E-state index in [1.165, 1.54) is 4.31 Å². The number of morpholine rings is 1. The standard InChI is InChI=1S/C13H27N3O3S.ClH/c1-11-7-16(8-12(2)19-11)20(17,18)15-10-13(3)5-4-6-14-9-13;/h11-12,14-15H,4-10H2,1-3H3;1H. The molecule has 0 radical (unpaired) electrons. The lowest BCUT2D eigenvalue weighted by atomic mass is 9.83. The van der Waals surface area contributed by atoms with Gasteiger partial charge in [-0.25, -0.2) is 4.72 Å². The van der Waals surface area contributed by atoms with E-state index in [-0.39, 0.29) is 30.0 Å². The van der Waals surface area contributed by atoms with Crippen molar-refractivity contribution < 1.29 is 13.2 Å². The SMILES string of the molecule is CC1CN(S(=O)(=O)NCC2(C)CCCNC2)CC(C)O1.Cl. The Kier molecular flexibility index (Phi) is 6.89. The Morgan fingerprint density at radius 2 is 1.95 bits per heavy atom. The minimum atomic E-state index is -3.41. The lowest BCUT2D eigenvalue weighted by Gasteiger charge is -2.37. The highest BCUT2D eigenvalue weighted by molar-refractivity contribution is 7.87. The quantitative estimate of drug-likeness (QED) is 0.791. The maximum absolute atomic E-state index is 12.4. The van der Waals surface area contributed by atoms with E-state index in [4.69, 9.17) is 4.74 Å². The molecule has 0 aromatic heterocycles. The Hall–Kier alpha value is 0.0800. The first kappa shape index (κ1) is 19.1. The molecule has 0 spiro atoms. The molecule has 2 heterocycles. The van der Waals surface area contributed by atoms with Crippen molar-refractivity contribution in [3.05, 3.63) is 0 Å². The van der Waals surface area contributed by atoms with Crippen LogP contribution >= 0.6 is 12.4 Å². The molecule has 0 saturated carbocycles. The van der Waals surface area contributed by atoms with E-state index in [9.17, 15) is 8.42 Å². The highest BCUT2D eigenvalue weighted by Crippen LogP contribution is 2.25. The van der Waals surface area contributed by atoms with Crippen LogP contribution in [0.1, 0.15) is 33.6 Å². The second-order valence-corrected chi connectivity index (χ2v) is 8.25. The molecule has 0 bridgehead atoms. The van der Waals surface area contributed by atoms with Crippen molar-refractivity contribution in [2.24, 2.45) is 5.41 Å². The molecule has 8 heteroatoms. The van der Waals surface area contributed by atoms with Crippen molar-refractivity contribution in [3.8, 4) is 0 Å². The molecule has 0 aliphatic carbocycles. The van der Waals surface area contributed by atoms with Crippen molar-refractivity contribution in [3.63, 3.8) is 0 Å². The van der Waals surface area contributed by atoms with Crippen LogP contribution in [0.4, 0.5) is 0 Å². The first-order valence-corrected chi connectivity index (χ1v) is 8.86. The summed E-state index contributed by atoms with van der Waals surface area (Å²) in [5.74, 6) is 0. The molecular formula is C13H28ClN3O3S. The molecule has 6 nitrogen and oxygen atoms in total. The number of halogens is 1. The third-order valence-electron chi connectivity index (χ3n) is 4.09. The summed E-state index contributed by atoms with van der Waals surface area (Å²) in [6.45, 7) is 9.18. The van der Waals surface area contributed by atoms with Gasteiger partial charge in [-0.1, -0.05) is 6.92 Å². The Labute approximate surface area is 134 Å². The number of rotatable bonds is 4. The number of hydrogen-bond donors (Lipinski definition) is 2. The maximum atomic E-state index is 12.4. The predicted octanol–water partition coefficient (Wildman–Crippen LogP) is 0.742. The van der Waals surface area contributed by atoms with E-state index >= 15 is 0 Å². The monoisotopic (exact) mass is 341 g/mol. The van der Waals surface area contributed by atoms with Gasteiger partial charge in [-0.2, -0.15) is 12.7 Å². The number of nitrogens with one attached hydrogen (secondary N) is 2. The average Bonchev–Trinajstić information content (AvgIpc) is 2.37. The van der Waals surface area contributed by atoms with Gasteiger partial charge < -0.3 is 10.1 Å². The molecular weight excluding hydrogens is 314 g/mol. The van der Waals surface area contributed by atoms with Crippen LogP contribution in [0.3, 0.4) is 0 Å². The van der Waals surface area contributed by atoms with Crippen molar-refractivity contribution in [2.45, 2.75) is 45.8 Å². The zero-order valence-electron chi connectivity index (χ0n) is 13.1. The lowest BCUT2D eigenvalue weighted by molar-refractivity contribution is -0.0444. The van der Waals surface area contributed by atoms with E-state index in [1.54, 1.807) is 0 Å². The van der Waals surface area contributed by atoms with Crippen LogP contribution in [0.15, 0.2) is 0 Å². The molecule has 2 aliphatic heterocycles. The summed E-state index contributed by atoms with van der Waals surface area (Å²) in [7, 11) is -3.41. The number of nitrogens with zero attached hydrogens (tertiary/aromatic N) is 1. The van der Waals surface area contributed by atoms with E-state index in [2.05, 4.69) is 17.0 Å². The highest BCUT2D eigenvalue weighted by atomic mass is 35.5. The third-order valence-corrected chi connectivity index (χ3v) is 5.58. The Bertz CT molecular complexity index is 416. The minimum absolute atomic E-state index is 0. The van der Waals surface area contributed by atoms with Gasteiger partial charge in [0.05, 0.1) is 12.2 Å². The van der Waals surface area contributed by atoms with Crippen LogP contribution in [0.25, 0.3) is 0 Å². The fourth-order valence-corrected chi connectivity index (χ4v) is 4.48. The Balaban J connectivity index is 0.00000220. The molecule has 2 aliphatic rings. The topological polar surface area (TPSA) is 70.7 Å². The Morgan fingerprint density at radius 1 is 1.33 bits per heavy atom. The fourth-order valence-electron chi connectivity index (χ4n) is 2.95. The molecule has 2 rings (SSSR count). The summed E-state index contributed by atoms with van der Waals surface area (Å²) in [6.07, 6.45) is 2.05. The van der Waals surface area contributed by atoms with Crippen LogP contribution in [-0.2, 0) is 14.9 Å². The van der Waals surface area contributed by atoms with Crippen LogP contribution in [0.5, 0.6) is 0 Å². The second-order valence-electron chi connectivity index (χ2n) is 6.49. The van der Waals surface area contributed by atoms with Crippen molar-refractivity contribution in [1.82, 2.24) is 14.3 Å². The Morgan fingerprint density at radius 3 is 2.48 bits per heavy atom. The molecule has 3 atom stereocenters. The average molecular weight is 342 g/mol. The van der Waals surface area contributed by atoms with E-state index in [1.807, 2.05) is 13.8 Å². The summed E-state index contributed by atoms with van der Waals surface area (Å²) >= 11 is 0. The number of ether oxygens (including phenoxy) is 1. The first-order valence-electron chi connectivity index (χ1n) is 7.42. The fraction of sp³-hybridized carbons (Fsp3) is 1.00. The number of hydrogen-bond acceptors (Lipinski definition) is 4. The van der Waals surface area contributed by atoms with Gasteiger partial charge in [0.25, 0.3) is 10.2 Å². The first-order chi connectivity index (χ1) is 9.31. The molecule has 2 fully saturated rings. The summed E-state index contributed by atoms with van der Waals surface area (Å²) in [5.41, 5.74) is 0.00877. The molecule has 0 aromatic carbocycles. The zero-order valence-corrected chi connectivity index (χ0v) is 14.7. The smallest absolute Gasteiger partial charge is 0.279 e. The molecule has 2 N–H and O–H groups in total.